The van der Waals surface area contributed by atoms with Crippen LogP contribution in [0.4, 0.5) is 0 Å². The number of aryl methyl sites for hydroxylation is 1. The van der Waals surface area contributed by atoms with E-state index in [-0.39, 0.29) is 6.10 Å². The average molecular weight is 224 g/mol. The summed E-state index contributed by atoms with van der Waals surface area (Å²) in [4.78, 5) is 0. The molecule has 0 aliphatic heterocycles. The third-order valence-electron chi connectivity index (χ3n) is 2.63. The van der Waals surface area contributed by atoms with Crippen LogP contribution in [0.2, 0.25) is 0 Å². The molecule has 3 heteroatoms. The molecule has 2 unspecified atom stereocenters. The zero-order valence-corrected chi connectivity index (χ0v) is 10.4. The van der Waals surface area contributed by atoms with E-state index in [9.17, 15) is 5.11 Å². The molecule has 16 heavy (non-hydrogen) atoms. The highest BCUT2D eigenvalue weighted by Crippen LogP contribution is 2.29. The van der Waals surface area contributed by atoms with E-state index in [1.807, 2.05) is 25.1 Å². The summed E-state index contributed by atoms with van der Waals surface area (Å²) in [6.45, 7) is 5.63. The van der Waals surface area contributed by atoms with Crippen LogP contribution in [0.15, 0.2) is 18.2 Å². The molecule has 0 heterocycles. The Morgan fingerprint density at radius 2 is 1.94 bits per heavy atom. The summed E-state index contributed by atoms with van der Waals surface area (Å²) in [5, 5.41) is 9.38. The van der Waals surface area contributed by atoms with Gasteiger partial charge < -0.3 is 14.6 Å². The summed E-state index contributed by atoms with van der Waals surface area (Å²) in [7, 11) is 1.62. The number of aliphatic hydroxyl groups excluding tert-OH is 1. The highest BCUT2D eigenvalue weighted by Gasteiger charge is 2.13. The normalized spacial score (nSPS) is 14.3. The van der Waals surface area contributed by atoms with Crippen molar-refractivity contribution in [3.05, 3.63) is 23.8 Å². The van der Waals surface area contributed by atoms with Gasteiger partial charge in [0.1, 0.15) is 6.10 Å². The van der Waals surface area contributed by atoms with Crippen molar-refractivity contribution in [3.63, 3.8) is 0 Å². The van der Waals surface area contributed by atoms with Gasteiger partial charge in [0.05, 0.1) is 13.2 Å². The molecule has 2 atom stereocenters. The molecule has 1 aromatic rings. The Labute approximate surface area is 97.0 Å². The molecule has 0 aliphatic rings. The maximum absolute atomic E-state index is 9.38. The minimum absolute atomic E-state index is 0.249. The Morgan fingerprint density at radius 3 is 2.44 bits per heavy atom. The lowest BCUT2D eigenvalue weighted by molar-refractivity contribution is 0.0586. The molecule has 0 aliphatic carbocycles. The zero-order chi connectivity index (χ0) is 12.1. The second kappa shape index (κ2) is 5.75. The molecule has 3 nitrogen and oxygen atoms in total. The lowest BCUT2D eigenvalue weighted by Crippen LogP contribution is -2.25. The molecule has 0 bridgehead atoms. The first kappa shape index (κ1) is 12.8. The fraction of sp³-hybridized carbons (Fsp3) is 0.538. The summed E-state index contributed by atoms with van der Waals surface area (Å²) in [5.41, 5.74) is 1.20. The summed E-state index contributed by atoms with van der Waals surface area (Å²) in [6.07, 6.45) is 0.208. The molecule has 1 rings (SSSR count). The average Bonchev–Trinajstić information content (AvgIpc) is 2.29. The van der Waals surface area contributed by atoms with Crippen LogP contribution in [0.1, 0.15) is 26.3 Å². The highest BCUT2D eigenvalue weighted by atomic mass is 16.5. The second-order valence-corrected chi connectivity index (χ2v) is 3.90. The van der Waals surface area contributed by atoms with Gasteiger partial charge in [-0.3, -0.25) is 0 Å². The number of hydrogen-bond donors (Lipinski definition) is 1. The summed E-state index contributed by atoms with van der Waals surface area (Å²) in [6, 6.07) is 5.85. The van der Waals surface area contributed by atoms with Gasteiger partial charge in [-0.25, -0.2) is 0 Å². The second-order valence-electron chi connectivity index (χ2n) is 3.90. The quantitative estimate of drug-likeness (QED) is 0.834. The van der Waals surface area contributed by atoms with Crippen molar-refractivity contribution in [2.75, 3.05) is 7.11 Å². The standard InChI is InChI=1S/C13H20O3/c1-5-11-6-7-12(13(8-11)15-4)16-10(3)9(2)14/h6-10,14H,5H2,1-4H3. The first-order valence-corrected chi connectivity index (χ1v) is 5.60. The minimum Gasteiger partial charge on any atom is -0.493 e. The van der Waals surface area contributed by atoms with Crippen LogP contribution in [0.25, 0.3) is 0 Å². The van der Waals surface area contributed by atoms with Crippen LogP contribution in [0, 0.1) is 0 Å². The Balaban J connectivity index is 2.87. The van der Waals surface area contributed by atoms with E-state index >= 15 is 0 Å². The van der Waals surface area contributed by atoms with Gasteiger partial charge in [-0.15, -0.1) is 0 Å². The monoisotopic (exact) mass is 224 g/mol. The first-order chi connectivity index (χ1) is 7.58. The molecule has 1 N–H and O–H groups in total. The van der Waals surface area contributed by atoms with Crippen molar-refractivity contribution in [2.24, 2.45) is 0 Å². The number of methoxy groups -OCH3 is 1. The van der Waals surface area contributed by atoms with Gasteiger partial charge in [-0.1, -0.05) is 13.0 Å². The van der Waals surface area contributed by atoms with Crippen molar-refractivity contribution < 1.29 is 14.6 Å². The smallest absolute Gasteiger partial charge is 0.161 e. The highest BCUT2D eigenvalue weighted by molar-refractivity contribution is 5.43. The number of hydrogen-bond acceptors (Lipinski definition) is 3. The molecule has 0 saturated heterocycles. The van der Waals surface area contributed by atoms with Crippen molar-refractivity contribution in [1.29, 1.82) is 0 Å². The minimum atomic E-state index is -0.504. The molecule has 0 aromatic heterocycles. The van der Waals surface area contributed by atoms with Crippen LogP contribution in [0.3, 0.4) is 0 Å². The Bertz CT molecular complexity index is 334. The number of aliphatic hydroxyl groups is 1. The zero-order valence-electron chi connectivity index (χ0n) is 10.4. The van der Waals surface area contributed by atoms with Gasteiger partial charge >= 0.3 is 0 Å². The first-order valence-electron chi connectivity index (χ1n) is 5.60. The molecule has 0 saturated carbocycles. The van der Waals surface area contributed by atoms with Crippen LogP contribution in [-0.4, -0.2) is 24.4 Å². The number of rotatable bonds is 5. The summed E-state index contributed by atoms with van der Waals surface area (Å²) >= 11 is 0. The fourth-order valence-electron chi connectivity index (χ4n) is 1.33. The van der Waals surface area contributed by atoms with Crippen molar-refractivity contribution in [1.82, 2.24) is 0 Å². The Morgan fingerprint density at radius 1 is 1.25 bits per heavy atom. The van der Waals surface area contributed by atoms with Crippen LogP contribution in [-0.2, 0) is 6.42 Å². The van der Waals surface area contributed by atoms with E-state index in [1.54, 1.807) is 14.0 Å². The largest absolute Gasteiger partial charge is 0.493 e. The van der Waals surface area contributed by atoms with Crippen molar-refractivity contribution in [2.45, 2.75) is 39.4 Å². The van der Waals surface area contributed by atoms with E-state index < -0.39 is 6.10 Å². The SMILES string of the molecule is CCc1ccc(OC(C)C(C)O)c(OC)c1. The number of ether oxygens (including phenoxy) is 2. The third kappa shape index (κ3) is 3.14. The van der Waals surface area contributed by atoms with E-state index in [4.69, 9.17) is 9.47 Å². The Hall–Kier alpha value is -1.22. The predicted molar refractivity (Wildman–Crippen MR) is 64.1 cm³/mol. The Kier molecular flexibility index (Phi) is 4.62. The predicted octanol–water partition coefficient (Wildman–Crippen LogP) is 2.41. The van der Waals surface area contributed by atoms with E-state index in [0.717, 1.165) is 6.42 Å². The van der Waals surface area contributed by atoms with Crippen LogP contribution < -0.4 is 9.47 Å². The molecule has 0 amide bonds. The van der Waals surface area contributed by atoms with Gasteiger partial charge in [0.25, 0.3) is 0 Å². The van der Waals surface area contributed by atoms with E-state index in [0.29, 0.717) is 11.5 Å². The lowest BCUT2D eigenvalue weighted by atomic mass is 10.1. The third-order valence-corrected chi connectivity index (χ3v) is 2.63. The van der Waals surface area contributed by atoms with Gasteiger partial charge in [-0.2, -0.15) is 0 Å². The van der Waals surface area contributed by atoms with Crippen molar-refractivity contribution in [3.8, 4) is 11.5 Å². The van der Waals surface area contributed by atoms with Crippen LogP contribution >= 0.6 is 0 Å². The summed E-state index contributed by atoms with van der Waals surface area (Å²) < 4.78 is 10.9. The van der Waals surface area contributed by atoms with Gasteiger partial charge in [0, 0.05) is 0 Å². The lowest BCUT2D eigenvalue weighted by Gasteiger charge is -2.19. The van der Waals surface area contributed by atoms with Gasteiger partial charge in [0.2, 0.25) is 0 Å². The molecule has 1 aromatic carbocycles. The maximum atomic E-state index is 9.38. The molecule has 0 radical (unpaired) electrons. The molecule has 90 valence electrons. The molecular weight excluding hydrogens is 204 g/mol. The molecule has 0 fully saturated rings. The molecule has 0 spiro atoms. The van der Waals surface area contributed by atoms with Crippen LogP contribution in [0.5, 0.6) is 11.5 Å². The fourth-order valence-corrected chi connectivity index (χ4v) is 1.33. The van der Waals surface area contributed by atoms with Crippen molar-refractivity contribution >= 4 is 0 Å². The van der Waals surface area contributed by atoms with Gasteiger partial charge in [0.15, 0.2) is 11.5 Å². The number of benzene rings is 1. The topological polar surface area (TPSA) is 38.7 Å². The van der Waals surface area contributed by atoms with E-state index in [1.165, 1.54) is 5.56 Å². The van der Waals surface area contributed by atoms with E-state index in [2.05, 4.69) is 6.92 Å². The van der Waals surface area contributed by atoms with Gasteiger partial charge in [-0.05, 0) is 38.0 Å². The molecular formula is C13H20O3. The summed E-state index contributed by atoms with van der Waals surface area (Å²) in [5.74, 6) is 1.39. The maximum Gasteiger partial charge on any atom is 0.161 e.